The number of anilines is 2. The van der Waals surface area contributed by atoms with E-state index < -0.39 is 0 Å². The third-order valence-corrected chi connectivity index (χ3v) is 3.27. The molecule has 1 atom stereocenters. The first kappa shape index (κ1) is 12.2. The molecule has 1 aromatic heterocycles. The molecule has 1 fully saturated rings. The topological polar surface area (TPSA) is 37.0 Å². The van der Waals surface area contributed by atoms with Gasteiger partial charge in [0.1, 0.15) is 11.6 Å². The maximum atomic E-state index is 4.56. The minimum atomic E-state index is 0.576. The van der Waals surface area contributed by atoms with E-state index in [1.807, 2.05) is 6.07 Å². The van der Waals surface area contributed by atoms with E-state index in [2.05, 4.69) is 41.6 Å². The quantitative estimate of drug-likeness (QED) is 0.756. The molecule has 3 heteroatoms. The Balaban J connectivity index is 1.92. The summed E-state index contributed by atoms with van der Waals surface area (Å²) in [6, 6.07) is 6.69. The van der Waals surface area contributed by atoms with Crippen molar-refractivity contribution in [2.45, 2.75) is 45.6 Å². The summed E-state index contributed by atoms with van der Waals surface area (Å²) in [6.07, 6.45) is 5.30. The van der Waals surface area contributed by atoms with Gasteiger partial charge in [-0.05, 0) is 37.8 Å². The molecule has 2 N–H and O–H groups in total. The van der Waals surface area contributed by atoms with Crippen LogP contribution in [0.5, 0.6) is 0 Å². The second kappa shape index (κ2) is 5.89. The largest absolute Gasteiger partial charge is 0.370 e. The van der Waals surface area contributed by atoms with Crippen LogP contribution >= 0.6 is 0 Å². The zero-order valence-electron chi connectivity index (χ0n) is 10.9. The molecule has 2 rings (SSSR count). The van der Waals surface area contributed by atoms with Crippen molar-refractivity contribution >= 4 is 11.6 Å². The van der Waals surface area contributed by atoms with Gasteiger partial charge in [-0.15, -0.1) is 0 Å². The molecule has 1 aromatic rings. The highest BCUT2D eigenvalue weighted by atomic mass is 15.1. The maximum Gasteiger partial charge on any atom is 0.128 e. The van der Waals surface area contributed by atoms with E-state index in [4.69, 9.17) is 0 Å². The van der Waals surface area contributed by atoms with Gasteiger partial charge in [0.15, 0.2) is 0 Å². The summed E-state index contributed by atoms with van der Waals surface area (Å²) in [7, 11) is 0. The van der Waals surface area contributed by atoms with E-state index in [1.54, 1.807) is 0 Å². The number of hydrogen-bond acceptors (Lipinski definition) is 3. The van der Waals surface area contributed by atoms with Gasteiger partial charge in [-0.2, -0.15) is 0 Å². The average molecular weight is 233 g/mol. The molecule has 0 aromatic carbocycles. The van der Waals surface area contributed by atoms with Crippen molar-refractivity contribution in [3.63, 3.8) is 0 Å². The Morgan fingerprint density at radius 1 is 1.29 bits per heavy atom. The van der Waals surface area contributed by atoms with Gasteiger partial charge in [0.05, 0.1) is 0 Å². The van der Waals surface area contributed by atoms with Crippen molar-refractivity contribution in [1.82, 2.24) is 4.98 Å². The van der Waals surface area contributed by atoms with Crippen molar-refractivity contribution < 1.29 is 0 Å². The molecule has 0 spiro atoms. The molecular formula is C14H23N3. The van der Waals surface area contributed by atoms with Crippen LogP contribution in [0.4, 0.5) is 11.6 Å². The fraction of sp³-hybridized carbons (Fsp3) is 0.643. The summed E-state index contributed by atoms with van der Waals surface area (Å²) in [5.74, 6) is 2.92. The molecule has 0 bridgehead atoms. The molecule has 3 nitrogen and oxygen atoms in total. The fourth-order valence-electron chi connectivity index (χ4n) is 2.09. The van der Waals surface area contributed by atoms with E-state index in [0.29, 0.717) is 6.04 Å². The highest BCUT2D eigenvalue weighted by Crippen LogP contribution is 2.34. The predicted octanol–water partition coefficient (Wildman–Crippen LogP) is 3.50. The fourth-order valence-corrected chi connectivity index (χ4v) is 2.09. The lowest BCUT2D eigenvalue weighted by Crippen LogP contribution is -2.20. The maximum absolute atomic E-state index is 4.56. The number of rotatable bonds is 7. The van der Waals surface area contributed by atoms with Gasteiger partial charge in [0, 0.05) is 12.6 Å². The molecule has 1 saturated carbocycles. The van der Waals surface area contributed by atoms with Crippen LogP contribution in [0.2, 0.25) is 0 Å². The van der Waals surface area contributed by atoms with Crippen LogP contribution in [0.15, 0.2) is 18.2 Å². The third-order valence-electron chi connectivity index (χ3n) is 3.27. The molecule has 0 aliphatic heterocycles. The highest BCUT2D eigenvalue weighted by Gasteiger charge is 2.24. The molecule has 1 heterocycles. The first-order valence-corrected chi connectivity index (χ1v) is 6.79. The highest BCUT2D eigenvalue weighted by molar-refractivity contribution is 5.45. The summed E-state index contributed by atoms with van der Waals surface area (Å²) in [4.78, 5) is 4.56. The van der Waals surface area contributed by atoms with Crippen LogP contribution in [0.25, 0.3) is 0 Å². The molecule has 94 valence electrons. The summed E-state index contributed by atoms with van der Waals surface area (Å²) in [5.41, 5.74) is 0. The predicted molar refractivity (Wildman–Crippen MR) is 73.4 cm³/mol. The monoisotopic (exact) mass is 233 g/mol. The van der Waals surface area contributed by atoms with Gasteiger partial charge >= 0.3 is 0 Å². The molecule has 1 aliphatic rings. The number of nitrogens with zero attached hydrogens (tertiary/aromatic N) is 1. The molecule has 0 amide bonds. The Bertz CT molecular complexity index is 347. The first-order valence-electron chi connectivity index (χ1n) is 6.79. The van der Waals surface area contributed by atoms with Gasteiger partial charge in [0.25, 0.3) is 0 Å². The minimum absolute atomic E-state index is 0.576. The third kappa shape index (κ3) is 3.91. The molecule has 17 heavy (non-hydrogen) atoms. The molecule has 0 saturated heterocycles. The van der Waals surface area contributed by atoms with Crippen molar-refractivity contribution in [1.29, 1.82) is 0 Å². The van der Waals surface area contributed by atoms with Gasteiger partial charge < -0.3 is 10.6 Å². The zero-order valence-corrected chi connectivity index (χ0v) is 10.9. The van der Waals surface area contributed by atoms with Crippen molar-refractivity contribution in [2.24, 2.45) is 5.92 Å². The van der Waals surface area contributed by atoms with Crippen LogP contribution < -0.4 is 10.6 Å². The van der Waals surface area contributed by atoms with Crippen LogP contribution in [-0.4, -0.2) is 17.6 Å². The average Bonchev–Trinajstić information content (AvgIpc) is 3.13. The van der Waals surface area contributed by atoms with Crippen molar-refractivity contribution in [3.05, 3.63) is 18.2 Å². The lowest BCUT2D eigenvalue weighted by molar-refractivity contribution is 0.585. The first-order chi connectivity index (χ1) is 8.31. The van der Waals surface area contributed by atoms with E-state index in [0.717, 1.165) is 24.1 Å². The van der Waals surface area contributed by atoms with E-state index in [-0.39, 0.29) is 0 Å². The second-order valence-electron chi connectivity index (χ2n) is 4.87. The van der Waals surface area contributed by atoms with E-state index in [9.17, 15) is 0 Å². The number of nitrogens with one attached hydrogen (secondary N) is 2. The van der Waals surface area contributed by atoms with Gasteiger partial charge in [-0.1, -0.05) is 25.8 Å². The molecular weight excluding hydrogens is 210 g/mol. The summed E-state index contributed by atoms with van der Waals surface area (Å²) in [6.45, 7) is 5.24. The Morgan fingerprint density at radius 3 is 2.71 bits per heavy atom. The molecule has 0 radical (unpaired) electrons. The standard InChI is InChI=1S/C14H23N3/c1-3-12(10-11-8-9-11)16-14-7-5-6-13(17-14)15-4-2/h5-7,11-12H,3-4,8-10H2,1-2H3,(H2,15,16,17). The Kier molecular flexibility index (Phi) is 4.24. The lowest BCUT2D eigenvalue weighted by atomic mass is 10.1. The second-order valence-corrected chi connectivity index (χ2v) is 4.87. The van der Waals surface area contributed by atoms with Crippen molar-refractivity contribution in [3.8, 4) is 0 Å². The van der Waals surface area contributed by atoms with E-state index in [1.165, 1.54) is 25.7 Å². The van der Waals surface area contributed by atoms with Crippen molar-refractivity contribution in [2.75, 3.05) is 17.2 Å². The normalized spacial score (nSPS) is 16.6. The lowest BCUT2D eigenvalue weighted by Gasteiger charge is -2.17. The summed E-state index contributed by atoms with van der Waals surface area (Å²) in [5, 5.41) is 6.79. The molecule has 1 aliphatic carbocycles. The summed E-state index contributed by atoms with van der Waals surface area (Å²) < 4.78 is 0. The number of aromatic nitrogens is 1. The molecule has 1 unspecified atom stereocenters. The summed E-state index contributed by atoms with van der Waals surface area (Å²) >= 11 is 0. The Labute approximate surface area is 104 Å². The number of hydrogen-bond donors (Lipinski definition) is 2. The van der Waals surface area contributed by atoms with Crippen LogP contribution in [0, 0.1) is 5.92 Å². The Morgan fingerprint density at radius 2 is 2.06 bits per heavy atom. The SMILES string of the molecule is CCNc1cccc(NC(CC)CC2CC2)n1. The smallest absolute Gasteiger partial charge is 0.128 e. The Hall–Kier alpha value is -1.25. The van der Waals surface area contributed by atoms with Gasteiger partial charge in [-0.25, -0.2) is 4.98 Å². The van der Waals surface area contributed by atoms with Crippen LogP contribution in [-0.2, 0) is 0 Å². The van der Waals surface area contributed by atoms with E-state index >= 15 is 0 Å². The zero-order chi connectivity index (χ0) is 12.1. The van der Waals surface area contributed by atoms with Crippen LogP contribution in [0.1, 0.15) is 39.5 Å². The van der Waals surface area contributed by atoms with Gasteiger partial charge in [0.2, 0.25) is 0 Å². The number of pyridine rings is 1. The van der Waals surface area contributed by atoms with Gasteiger partial charge in [-0.3, -0.25) is 0 Å². The van der Waals surface area contributed by atoms with Crippen LogP contribution in [0.3, 0.4) is 0 Å². The minimum Gasteiger partial charge on any atom is -0.370 e.